The highest BCUT2D eigenvalue weighted by Crippen LogP contribution is 2.18. The monoisotopic (exact) mass is 367 g/mol. The Morgan fingerprint density at radius 2 is 2.11 bits per heavy atom. The van der Waals surface area contributed by atoms with Gasteiger partial charge in [0.25, 0.3) is 11.7 Å². The summed E-state index contributed by atoms with van der Waals surface area (Å²) in [5, 5.41) is 12.3. The maximum Gasteiger partial charge on any atom is 0.276 e. The van der Waals surface area contributed by atoms with E-state index in [1.807, 2.05) is 24.0 Å². The molecule has 0 saturated carbocycles. The second-order valence-corrected chi connectivity index (χ2v) is 6.45. The van der Waals surface area contributed by atoms with Gasteiger partial charge in [0.05, 0.1) is 6.20 Å². The van der Waals surface area contributed by atoms with Gasteiger partial charge in [0.15, 0.2) is 5.69 Å². The number of piperazine rings is 1. The minimum atomic E-state index is -0.0867. The van der Waals surface area contributed by atoms with Crippen molar-refractivity contribution < 1.29 is 4.79 Å². The first kappa shape index (κ1) is 17.1. The lowest BCUT2D eigenvalue weighted by molar-refractivity contribution is 0.0740. The molecule has 140 valence electrons. The summed E-state index contributed by atoms with van der Waals surface area (Å²) in [4.78, 5) is 25.2. The van der Waals surface area contributed by atoms with Gasteiger partial charge in [-0.05, 0) is 13.3 Å². The maximum absolute atomic E-state index is 12.7. The molecular weight excluding hydrogens is 346 g/mol. The number of allylic oxidation sites excluding steroid dienone is 1. The lowest BCUT2D eigenvalue weighted by Gasteiger charge is -2.35. The van der Waals surface area contributed by atoms with Crippen molar-refractivity contribution in [1.82, 2.24) is 39.5 Å². The van der Waals surface area contributed by atoms with Crippen molar-refractivity contribution >= 4 is 17.5 Å². The lowest BCUT2D eigenvalue weighted by Crippen LogP contribution is -2.49. The third-order valence-corrected chi connectivity index (χ3v) is 4.57. The molecular formula is C17H21N9O. The zero-order valence-corrected chi connectivity index (χ0v) is 15.2. The highest BCUT2D eigenvalue weighted by atomic mass is 16.2. The second-order valence-electron chi connectivity index (χ2n) is 6.45. The highest BCUT2D eigenvalue weighted by Gasteiger charge is 2.25. The van der Waals surface area contributed by atoms with Gasteiger partial charge in [-0.15, -0.1) is 11.7 Å². The van der Waals surface area contributed by atoms with Crippen molar-refractivity contribution in [3.63, 3.8) is 0 Å². The minimum Gasteiger partial charge on any atom is -0.353 e. The normalized spacial score (nSPS) is 14.7. The summed E-state index contributed by atoms with van der Waals surface area (Å²) in [7, 11) is 0. The van der Waals surface area contributed by atoms with Crippen LogP contribution in [0, 0.1) is 6.92 Å². The van der Waals surface area contributed by atoms with E-state index < -0.39 is 0 Å². The van der Waals surface area contributed by atoms with Gasteiger partial charge in [-0.1, -0.05) is 11.3 Å². The van der Waals surface area contributed by atoms with Gasteiger partial charge in [0.2, 0.25) is 0 Å². The van der Waals surface area contributed by atoms with Crippen LogP contribution in [-0.2, 0) is 6.54 Å². The molecule has 1 saturated heterocycles. The third kappa shape index (κ3) is 3.37. The van der Waals surface area contributed by atoms with Crippen molar-refractivity contribution in [2.45, 2.75) is 19.9 Å². The van der Waals surface area contributed by atoms with Crippen LogP contribution in [0.1, 0.15) is 22.6 Å². The van der Waals surface area contributed by atoms with Crippen molar-refractivity contribution in [2.24, 2.45) is 0 Å². The first-order valence-corrected chi connectivity index (χ1v) is 8.88. The van der Waals surface area contributed by atoms with Crippen LogP contribution >= 0.6 is 0 Å². The van der Waals surface area contributed by atoms with E-state index in [0.29, 0.717) is 44.2 Å². The standard InChI is InChI=1S/C17H21N9O/c1-3-4-5-25-11-14(21-22-25)16(27)24-8-6-23(7-9-24)15-10-13(2)20-17-18-12-19-26(15)17/h3,10-12H,1,4-9H2,2H3. The molecule has 10 heteroatoms. The molecule has 1 amide bonds. The van der Waals surface area contributed by atoms with Gasteiger partial charge >= 0.3 is 0 Å². The van der Waals surface area contributed by atoms with E-state index in [2.05, 4.69) is 36.9 Å². The van der Waals surface area contributed by atoms with Gasteiger partial charge in [-0.3, -0.25) is 9.48 Å². The Morgan fingerprint density at radius 1 is 1.30 bits per heavy atom. The van der Waals surface area contributed by atoms with E-state index in [9.17, 15) is 4.79 Å². The summed E-state index contributed by atoms with van der Waals surface area (Å²) >= 11 is 0. The third-order valence-electron chi connectivity index (χ3n) is 4.57. The van der Waals surface area contributed by atoms with Crippen molar-refractivity contribution in [1.29, 1.82) is 0 Å². The summed E-state index contributed by atoms with van der Waals surface area (Å²) in [5.41, 5.74) is 1.27. The molecule has 0 unspecified atom stereocenters. The van der Waals surface area contributed by atoms with Crippen LogP contribution in [0.15, 0.2) is 31.2 Å². The van der Waals surface area contributed by atoms with Gasteiger partial charge in [0, 0.05) is 44.5 Å². The van der Waals surface area contributed by atoms with Gasteiger partial charge in [-0.25, -0.2) is 4.98 Å². The number of fused-ring (bicyclic) bond motifs is 1. The molecule has 0 aliphatic carbocycles. The van der Waals surface area contributed by atoms with E-state index in [0.717, 1.165) is 17.9 Å². The molecule has 0 atom stereocenters. The van der Waals surface area contributed by atoms with Crippen LogP contribution in [0.5, 0.6) is 0 Å². The first-order chi connectivity index (χ1) is 13.2. The Kier molecular flexibility index (Phi) is 4.53. The number of amides is 1. The highest BCUT2D eigenvalue weighted by molar-refractivity contribution is 5.92. The van der Waals surface area contributed by atoms with E-state index in [-0.39, 0.29) is 5.91 Å². The van der Waals surface area contributed by atoms with Crippen molar-refractivity contribution in [2.75, 3.05) is 31.1 Å². The summed E-state index contributed by atoms with van der Waals surface area (Å²) < 4.78 is 3.40. The molecule has 1 fully saturated rings. The number of carbonyl (C=O) groups is 1. The fourth-order valence-electron chi connectivity index (χ4n) is 3.17. The minimum absolute atomic E-state index is 0.0867. The SMILES string of the molecule is C=CCCn1cc(C(=O)N2CCN(c3cc(C)nc4ncnn34)CC2)nn1. The predicted molar refractivity (Wildman–Crippen MR) is 98.5 cm³/mol. The van der Waals surface area contributed by atoms with Gasteiger partial charge in [0.1, 0.15) is 12.1 Å². The van der Waals surface area contributed by atoms with Crippen LogP contribution in [0.3, 0.4) is 0 Å². The number of anilines is 1. The summed E-state index contributed by atoms with van der Waals surface area (Å²) in [6.07, 6.45) is 5.80. The van der Waals surface area contributed by atoms with Crippen molar-refractivity contribution in [3.05, 3.63) is 42.6 Å². The number of hydrogen-bond acceptors (Lipinski definition) is 7. The second kappa shape index (κ2) is 7.14. The number of carbonyl (C=O) groups excluding carboxylic acids is 1. The smallest absolute Gasteiger partial charge is 0.276 e. The van der Waals surface area contributed by atoms with Crippen LogP contribution in [-0.4, -0.2) is 71.6 Å². The van der Waals surface area contributed by atoms with Crippen LogP contribution < -0.4 is 4.90 Å². The van der Waals surface area contributed by atoms with Crippen LogP contribution in [0.25, 0.3) is 5.78 Å². The molecule has 0 aromatic carbocycles. The molecule has 3 aromatic heterocycles. The van der Waals surface area contributed by atoms with Gasteiger partial charge in [-0.2, -0.15) is 14.6 Å². The molecule has 0 bridgehead atoms. The predicted octanol–water partition coefficient (Wildman–Crippen LogP) is 0.563. The Balaban J connectivity index is 1.44. The average Bonchev–Trinajstić information content (AvgIpc) is 3.34. The maximum atomic E-state index is 12.7. The molecule has 0 spiro atoms. The number of aryl methyl sites for hydroxylation is 2. The average molecular weight is 367 g/mol. The topological polar surface area (TPSA) is 97.3 Å². The number of nitrogens with zero attached hydrogens (tertiary/aromatic N) is 9. The van der Waals surface area contributed by atoms with E-state index in [4.69, 9.17) is 0 Å². The van der Waals surface area contributed by atoms with E-state index in [1.165, 1.54) is 6.33 Å². The molecule has 0 N–H and O–H groups in total. The Labute approximate surface area is 156 Å². The number of hydrogen-bond donors (Lipinski definition) is 0. The summed E-state index contributed by atoms with van der Waals surface area (Å²) in [5.74, 6) is 1.44. The Bertz CT molecular complexity index is 968. The zero-order valence-electron chi connectivity index (χ0n) is 15.2. The molecule has 4 rings (SSSR count). The Morgan fingerprint density at radius 3 is 2.89 bits per heavy atom. The fraction of sp³-hybridized carbons (Fsp3) is 0.412. The summed E-state index contributed by atoms with van der Waals surface area (Å²) in [6, 6.07) is 1.99. The number of rotatable bonds is 5. The van der Waals surface area contributed by atoms with E-state index >= 15 is 0 Å². The largest absolute Gasteiger partial charge is 0.353 e. The zero-order chi connectivity index (χ0) is 18.8. The fourth-order valence-corrected chi connectivity index (χ4v) is 3.17. The molecule has 1 aliphatic rings. The summed E-state index contributed by atoms with van der Waals surface area (Å²) in [6.45, 7) is 8.92. The molecule has 4 heterocycles. The molecule has 27 heavy (non-hydrogen) atoms. The molecule has 3 aromatic rings. The van der Waals surface area contributed by atoms with Gasteiger partial charge < -0.3 is 9.80 Å². The number of aromatic nitrogens is 7. The Hall–Kier alpha value is -3.30. The molecule has 1 aliphatic heterocycles. The molecule has 10 nitrogen and oxygen atoms in total. The van der Waals surface area contributed by atoms with E-state index in [1.54, 1.807) is 15.4 Å². The first-order valence-electron chi connectivity index (χ1n) is 8.88. The van der Waals surface area contributed by atoms with Crippen LogP contribution in [0.4, 0.5) is 5.82 Å². The molecule has 0 radical (unpaired) electrons. The van der Waals surface area contributed by atoms with Crippen LogP contribution in [0.2, 0.25) is 0 Å². The lowest BCUT2D eigenvalue weighted by atomic mass is 10.2. The van der Waals surface area contributed by atoms with Crippen molar-refractivity contribution in [3.8, 4) is 0 Å². The quantitative estimate of drug-likeness (QED) is 0.608.